The molecule has 192 valence electrons. The first-order valence-electron chi connectivity index (χ1n) is 11.0. The topological polar surface area (TPSA) is 155 Å². The number of nitrogens with zero attached hydrogens (tertiary/aromatic N) is 2. The number of benzene rings is 3. The number of halogens is 2. The maximum Gasteiger partial charge on any atom is 0.257 e. The first kappa shape index (κ1) is 25.1. The van der Waals surface area contributed by atoms with E-state index < -0.39 is 15.8 Å². The highest BCUT2D eigenvalue weighted by Gasteiger charge is 2.16. The molecule has 0 aliphatic rings. The molecule has 0 aliphatic heterocycles. The fourth-order valence-electron chi connectivity index (χ4n) is 3.69. The van der Waals surface area contributed by atoms with Crippen molar-refractivity contribution in [2.24, 2.45) is 5.14 Å². The van der Waals surface area contributed by atoms with Crippen LogP contribution in [0, 0.1) is 5.82 Å². The molecule has 5 aromatic rings. The molecule has 0 radical (unpaired) electrons. The second-order valence-electron chi connectivity index (χ2n) is 8.11. The van der Waals surface area contributed by atoms with E-state index >= 15 is 0 Å². The van der Waals surface area contributed by atoms with Crippen LogP contribution in [-0.2, 0) is 10.0 Å². The number of hydrogen-bond acceptors (Lipinski definition) is 7. The maximum absolute atomic E-state index is 14.5. The Morgan fingerprint density at radius 1 is 0.974 bits per heavy atom. The van der Waals surface area contributed by atoms with Crippen LogP contribution in [0.15, 0.2) is 84.0 Å². The van der Waals surface area contributed by atoms with Gasteiger partial charge in [-0.05, 0) is 48.5 Å². The number of sulfonamides is 1. The lowest BCUT2D eigenvalue weighted by Gasteiger charge is -2.11. The van der Waals surface area contributed by atoms with Crippen LogP contribution in [-0.4, -0.2) is 29.3 Å². The van der Waals surface area contributed by atoms with Crippen LogP contribution in [0.4, 0.5) is 33.2 Å². The van der Waals surface area contributed by atoms with Gasteiger partial charge in [-0.3, -0.25) is 4.79 Å². The van der Waals surface area contributed by atoms with Gasteiger partial charge in [0.05, 0.1) is 16.8 Å². The van der Waals surface area contributed by atoms with E-state index in [1.807, 2.05) is 18.2 Å². The SMILES string of the molecule is NS(=O)(=O)c1cc(Nc2ncc(F)c(Nc3ccc4c(C(=O)Nc5ccccc5)c[nH]c4c3)n2)ccc1Cl. The Bertz CT molecular complexity index is 1780. The Kier molecular flexibility index (Phi) is 6.68. The van der Waals surface area contributed by atoms with E-state index in [9.17, 15) is 17.6 Å². The number of primary sulfonamides is 1. The number of nitrogens with two attached hydrogens (primary N) is 1. The summed E-state index contributed by atoms with van der Waals surface area (Å²) in [5.74, 6) is -1.12. The van der Waals surface area contributed by atoms with E-state index in [0.717, 1.165) is 6.20 Å². The van der Waals surface area contributed by atoms with Gasteiger partial charge >= 0.3 is 0 Å². The van der Waals surface area contributed by atoms with Crippen LogP contribution in [0.5, 0.6) is 0 Å². The number of anilines is 5. The number of carbonyl (C=O) groups excluding carboxylic acids is 1. The monoisotopic (exact) mass is 551 g/mol. The number of para-hydroxylation sites is 1. The van der Waals surface area contributed by atoms with Crippen LogP contribution in [0.2, 0.25) is 5.02 Å². The molecule has 2 heterocycles. The normalized spacial score (nSPS) is 11.3. The molecule has 0 aliphatic carbocycles. The third-order valence-corrected chi connectivity index (χ3v) is 6.85. The van der Waals surface area contributed by atoms with Gasteiger partial charge in [0, 0.05) is 34.2 Å². The van der Waals surface area contributed by atoms with E-state index in [0.29, 0.717) is 27.8 Å². The number of rotatable bonds is 7. The largest absolute Gasteiger partial charge is 0.360 e. The molecule has 0 bridgehead atoms. The van der Waals surface area contributed by atoms with Gasteiger partial charge in [0.25, 0.3) is 5.91 Å². The number of fused-ring (bicyclic) bond motifs is 1. The molecule has 10 nitrogen and oxygen atoms in total. The number of H-pyrrole nitrogens is 1. The molecule has 0 unspecified atom stereocenters. The van der Waals surface area contributed by atoms with Crippen molar-refractivity contribution in [1.29, 1.82) is 0 Å². The second-order valence-corrected chi connectivity index (χ2v) is 10.1. The minimum absolute atomic E-state index is 0.00240. The van der Waals surface area contributed by atoms with Gasteiger partial charge in [0.2, 0.25) is 16.0 Å². The third-order valence-electron chi connectivity index (χ3n) is 5.46. The summed E-state index contributed by atoms with van der Waals surface area (Å²) in [5.41, 5.74) is 2.56. The average Bonchev–Trinajstić information content (AvgIpc) is 3.31. The lowest BCUT2D eigenvalue weighted by Crippen LogP contribution is -2.13. The summed E-state index contributed by atoms with van der Waals surface area (Å²) in [5, 5.41) is 14.4. The van der Waals surface area contributed by atoms with E-state index in [4.69, 9.17) is 16.7 Å². The molecule has 2 aromatic heterocycles. The molecule has 6 N–H and O–H groups in total. The van der Waals surface area contributed by atoms with Crippen LogP contribution < -0.4 is 21.1 Å². The zero-order valence-electron chi connectivity index (χ0n) is 19.4. The minimum atomic E-state index is -4.05. The van der Waals surface area contributed by atoms with Gasteiger partial charge in [-0.2, -0.15) is 4.98 Å². The van der Waals surface area contributed by atoms with Crippen molar-refractivity contribution in [3.8, 4) is 0 Å². The number of carbonyl (C=O) groups is 1. The Hall–Kier alpha value is -4.52. The maximum atomic E-state index is 14.5. The van der Waals surface area contributed by atoms with Gasteiger partial charge in [-0.25, -0.2) is 22.9 Å². The third kappa shape index (κ3) is 5.42. The summed E-state index contributed by atoms with van der Waals surface area (Å²) >= 11 is 5.91. The summed E-state index contributed by atoms with van der Waals surface area (Å²) in [6.07, 6.45) is 2.56. The molecule has 0 fully saturated rings. The minimum Gasteiger partial charge on any atom is -0.360 e. The lowest BCUT2D eigenvalue weighted by molar-refractivity contribution is 0.102. The van der Waals surface area contributed by atoms with Gasteiger partial charge in [-0.15, -0.1) is 0 Å². The molecule has 0 saturated carbocycles. The van der Waals surface area contributed by atoms with E-state index in [1.54, 1.807) is 36.5 Å². The van der Waals surface area contributed by atoms with Crippen LogP contribution in [0.1, 0.15) is 10.4 Å². The summed E-state index contributed by atoms with van der Waals surface area (Å²) in [4.78, 5) is 23.5. The standard InChI is InChI=1S/C25H19ClFN7O3S/c26-19-9-7-16(11-22(19)38(28,36)37)33-25-30-13-20(27)23(34-25)31-15-6-8-17-18(12-29-21(17)10-15)24(35)32-14-4-2-1-3-5-14/h1-13,29H,(H,32,35)(H2,28,36,37)(H2,30,31,33,34). The van der Waals surface area contributed by atoms with Crippen molar-refractivity contribution in [1.82, 2.24) is 15.0 Å². The predicted octanol–water partition coefficient (Wildman–Crippen LogP) is 5.14. The van der Waals surface area contributed by atoms with E-state index in [-0.39, 0.29) is 33.3 Å². The Labute approximate surface area is 221 Å². The van der Waals surface area contributed by atoms with Crippen LogP contribution in [0.3, 0.4) is 0 Å². The summed E-state index contributed by atoms with van der Waals surface area (Å²) in [6, 6.07) is 18.3. The molecule has 3 aromatic carbocycles. The molecular formula is C25H19ClFN7O3S. The number of nitrogens with one attached hydrogen (secondary N) is 4. The van der Waals surface area contributed by atoms with E-state index in [2.05, 4.69) is 30.9 Å². The smallest absolute Gasteiger partial charge is 0.257 e. The van der Waals surface area contributed by atoms with Crippen LogP contribution in [0.25, 0.3) is 10.9 Å². The van der Waals surface area contributed by atoms with Gasteiger partial charge in [0.1, 0.15) is 4.90 Å². The molecule has 13 heteroatoms. The van der Waals surface area contributed by atoms with Gasteiger partial charge in [0.15, 0.2) is 11.6 Å². The van der Waals surface area contributed by atoms with Crippen molar-refractivity contribution in [2.75, 3.05) is 16.0 Å². The van der Waals surface area contributed by atoms with Crippen molar-refractivity contribution < 1.29 is 17.6 Å². The average molecular weight is 552 g/mol. The fraction of sp³-hybridized carbons (Fsp3) is 0. The lowest BCUT2D eigenvalue weighted by atomic mass is 10.1. The first-order valence-corrected chi connectivity index (χ1v) is 13.0. The van der Waals surface area contributed by atoms with Crippen molar-refractivity contribution in [3.63, 3.8) is 0 Å². The highest BCUT2D eigenvalue weighted by molar-refractivity contribution is 7.89. The Morgan fingerprint density at radius 3 is 2.47 bits per heavy atom. The summed E-state index contributed by atoms with van der Waals surface area (Å²) < 4.78 is 38.0. The zero-order valence-corrected chi connectivity index (χ0v) is 20.9. The van der Waals surface area contributed by atoms with Crippen molar-refractivity contribution >= 4 is 67.3 Å². The summed E-state index contributed by atoms with van der Waals surface area (Å²) in [6.45, 7) is 0. The number of amides is 1. The molecule has 5 rings (SSSR count). The Balaban J connectivity index is 1.36. The molecule has 0 atom stereocenters. The number of aromatic amines is 1. The quantitative estimate of drug-likeness (QED) is 0.187. The highest BCUT2D eigenvalue weighted by atomic mass is 35.5. The van der Waals surface area contributed by atoms with Crippen LogP contribution >= 0.6 is 11.6 Å². The van der Waals surface area contributed by atoms with Crippen molar-refractivity contribution in [3.05, 3.63) is 95.5 Å². The number of aromatic nitrogens is 3. The van der Waals surface area contributed by atoms with Gasteiger partial charge < -0.3 is 20.9 Å². The molecule has 1 amide bonds. The molecule has 38 heavy (non-hydrogen) atoms. The van der Waals surface area contributed by atoms with E-state index in [1.165, 1.54) is 18.2 Å². The fourth-order valence-corrected chi connectivity index (χ4v) is 4.76. The molecule has 0 spiro atoms. The second kappa shape index (κ2) is 10.1. The predicted molar refractivity (Wildman–Crippen MR) is 144 cm³/mol. The van der Waals surface area contributed by atoms with Crippen molar-refractivity contribution in [2.45, 2.75) is 4.90 Å². The Morgan fingerprint density at radius 2 is 1.71 bits per heavy atom. The first-order chi connectivity index (χ1) is 18.2. The highest BCUT2D eigenvalue weighted by Crippen LogP contribution is 2.28. The molecule has 0 saturated heterocycles. The molecular weight excluding hydrogens is 533 g/mol. The van der Waals surface area contributed by atoms with Gasteiger partial charge in [-0.1, -0.05) is 29.8 Å². The zero-order chi connectivity index (χ0) is 26.9. The summed E-state index contributed by atoms with van der Waals surface area (Å²) in [7, 11) is -4.05. The number of hydrogen-bond donors (Lipinski definition) is 5.